The number of nitrogen functional groups attached to an aromatic ring is 1. The number of para-hydroxylation sites is 1. The van der Waals surface area contributed by atoms with Crippen LogP contribution in [-0.2, 0) is 6.54 Å². The fourth-order valence-corrected chi connectivity index (χ4v) is 2.46. The molecule has 0 radical (unpaired) electrons. The number of methoxy groups -OCH3 is 1. The second-order valence-electron chi connectivity index (χ2n) is 4.85. The maximum Gasteiger partial charge on any atom is 0.201 e. The molecule has 2 N–H and O–H groups in total. The van der Waals surface area contributed by atoms with Crippen LogP contribution in [0.2, 0.25) is 0 Å². The molecule has 0 unspecified atom stereocenters. The second kappa shape index (κ2) is 4.89. The predicted octanol–water partition coefficient (Wildman–Crippen LogP) is 2.98. The minimum atomic E-state index is 0.546. The summed E-state index contributed by atoms with van der Waals surface area (Å²) in [4.78, 5) is 4.42. The van der Waals surface area contributed by atoms with E-state index in [1.807, 2.05) is 41.0 Å². The fraction of sp³-hybridized carbons (Fsp3) is 0.188. The van der Waals surface area contributed by atoms with Crippen molar-refractivity contribution in [2.45, 2.75) is 13.5 Å². The Balaban J connectivity index is 2.03. The van der Waals surface area contributed by atoms with Gasteiger partial charge in [0.2, 0.25) is 5.95 Å². The Bertz CT molecular complexity index is 744. The van der Waals surface area contributed by atoms with Crippen molar-refractivity contribution < 1.29 is 4.74 Å². The lowest BCUT2D eigenvalue weighted by Crippen LogP contribution is -2.05. The van der Waals surface area contributed by atoms with Crippen LogP contribution in [0.15, 0.2) is 42.5 Å². The maximum atomic E-state index is 6.05. The first-order valence-corrected chi connectivity index (χ1v) is 6.53. The molecule has 102 valence electrons. The summed E-state index contributed by atoms with van der Waals surface area (Å²) in [5.41, 5.74) is 10.4. The lowest BCUT2D eigenvalue weighted by atomic mass is 10.2. The van der Waals surface area contributed by atoms with Crippen LogP contribution in [0.3, 0.4) is 0 Å². The number of anilines is 1. The third-order valence-electron chi connectivity index (χ3n) is 3.50. The van der Waals surface area contributed by atoms with E-state index < -0.39 is 0 Å². The van der Waals surface area contributed by atoms with Crippen molar-refractivity contribution in [3.63, 3.8) is 0 Å². The number of benzene rings is 2. The van der Waals surface area contributed by atoms with Crippen LogP contribution in [0, 0.1) is 6.92 Å². The third-order valence-corrected chi connectivity index (χ3v) is 3.50. The zero-order valence-electron chi connectivity index (χ0n) is 11.6. The number of rotatable bonds is 3. The highest BCUT2D eigenvalue weighted by molar-refractivity contribution is 5.81. The number of aryl methyl sites for hydroxylation is 1. The van der Waals surface area contributed by atoms with Crippen molar-refractivity contribution in [3.8, 4) is 5.75 Å². The van der Waals surface area contributed by atoms with E-state index in [1.54, 1.807) is 7.11 Å². The van der Waals surface area contributed by atoms with Gasteiger partial charge in [-0.3, -0.25) is 0 Å². The summed E-state index contributed by atoms with van der Waals surface area (Å²) in [5.74, 6) is 1.40. The molecule has 0 saturated heterocycles. The Morgan fingerprint density at radius 2 is 1.90 bits per heavy atom. The molecule has 4 nitrogen and oxygen atoms in total. The van der Waals surface area contributed by atoms with E-state index in [0.717, 1.165) is 16.8 Å². The molecule has 0 spiro atoms. The monoisotopic (exact) mass is 267 g/mol. The highest BCUT2D eigenvalue weighted by Crippen LogP contribution is 2.23. The molecule has 0 bridgehead atoms. The van der Waals surface area contributed by atoms with Crippen LogP contribution in [-0.4, -0.2) is 16.7 Å². The number of nitrogens with zero attached hydrogens (tertiary/aromatic N) is 2. The van der Waals surface area contributed by atoms with Crippen molar-refractivity contribution in [1.82, 2.24) is 9.55 Å². The summed E-state index contributed by atoms with van der Waals surface area (Å²) in [6.07, 6.45) is 0. The third kappa shape index (κ3) is 2.09. The van der Waals surface area contributed by atoms with E-state index in [2.05, 4.69) is 18.0 Å². The molecule has 2 aromatic carbocycles. The molecule has 3 aromatic rings. The largest absolute Gasteiger partial charge is 0.497 e. The number of imidazole rings is 1. The van der Waals surface area contributed by atoms with E-state index in [0.29, 0.717) is 12.5 Å². The van der Waals surface area contributed by atoms with Crippen molar-refractivity contribution in [2.75, 3.05) is 12.8 Å². The molecule has 0 saturated carbocycles. The van der Waals surface area contributed by atoms with Gasteiger partial charge in [0, 0.05) is 0 Å². The summed E-state index contributed by atoms with van der Waals surface area (Å²) in [5, 5.41) is 0. The van der Waals surface area contributed by atoms with Gasteiger partial charge < -0.3 is 15.0 Å². The summed E-state index contributed by atoms with van der Waals surface area (Å²) in [7, 11) is 1.67. The molecular weight excluding hydrogens is 250 g/mol. The zero-order valence-corrected chi connectivity index (χ0v) is 11.6. The van der Waals surface area contributed by atoms with Crippen LogP contribution < -0.4 is 10.5 Å². The summed E-state index contributed by atoms with van der Waals surface area (Å²) < 4.78 is 7.22. The van der Waals surface area contributed by atoms with Crippen molar-refractivity contribution in [2.24, 2.45) is 0 Å². The molecule has 4 heteroatoms. The molecule has 20 heavy (non-hydrogen) atoms. The first-order valence-electron chi connectivity index (χ1n) is 6.53. The van der Waals surface area contributed by atoms with Crippen LogP contribution >= 0.6 is 0 Å². The van der Waals surface area contributed by atoms with Gasteiger partial charge in [-0.05, 0) is 36.2 Å². The molecule has 0 aliphatic carbocycles. The van der Waals surface area contributed by atoms with Gasteiger partial charge in [-0.25, -0.2) is 4.98 Å². The predicted molar refractivity (Wildman–Crippen MR) is 81.0 cm³/mol. The zero-order chi connectivity index (χ0) is 14.1. The first kappa shape index (κ1) is 12.5. The van der Waals surface area contributed by atoms with Crippen LogP contribution in [0.25, 0.3) is 11.0 Å². The molecule has 1 heterocycles. The average Bonchev–Trinajstić information content (AvgIpc) is 2.77. The average molecular weight is 267 g/mol. The van der Waals surface area contributed by atoms with Gasteiger partial charge >= 0.3 is 0 Å². The van der Waals surface area contributed by atoms with Gasteiger partial charge in [-0.1, -0.05) is 24.3 Å². The van der Waals surface area contributed by atoms with Gasteiger partial charge in [0.1, 0.15) is 5.75 Å². The smallest absolute Gasteiger partial charge is 0.201 e. The SMILES string of the molecule is COc1ccc(Cn2c(N)nc3cccc(C)c32)cc1. The highest BCUT2D eigenvalue weighted by atomic mass is 16.5. The van der Waals surface area contributed by atoms with Gasteiger partial charge in [-0.15, -0.1) is 0 Å². The number of aromatic nitrogens is 2. The molecule has 0 atom stereocenters. The van der Waals surface area contributed by atoms with Crippen molar-refractivity contribution >= 4 is 17.0 Å². The van der Waals surface area contributed by atoms with E-state index in [9.17, 15) is 0 Å². The number of nitrogens with two attached hydrogens (primary N) is 1. The summed E-state index contributed by atoms with van der Waals surface area (Å²) >= 11 is 0. The van der Waals surface area contributed by atoms with Gasteiger partial charge in [-0.2, -0.15) is 0 Å². The molecular formula is C16H17N3O. The molecule has 1 aromatic heterocycles. The standard InChI is InChI=1S/C16H17N3O/c1-11-4-3-5-14-15(11)19(16(17)18-14)10-12-6-8-13(20-2)9-7-12/h3-9H,10H2,1-2H3,(H2,17,18). The second-order valence-corrected chi connectivity index (χ2v) is 4.85. The Kier molecular flexibility index (Phi) is 3.06. The highest BCUT2D eigenvalue weighted by Gasteiger charge is 2.10. The van der Waals surface area contributed by atoms with Gasteiger partial charge in [0.05, 0.1) is 24.7 Å². The fourth-order valence-electron chi connectivity index (χ4n) is 2.46. The van der Waals surface area contributed by atoms with Crippen LogP contribution in [0.4, 0.5) is 5.95 Å². The lowest BCUT2D eigenvalue weighted by Gasteiger charge is -2.09. The lowest BCUT2D eigenvalue weighted by molar-refractivity contribution is 0.414. The Morgan fingerprint density at radius 1 is 1.15 bits per heavy atom. The quantitative estimate of drug-likeness (QED) is 0.793. The first-order chi connectivity index (χ1) is 9.69. The van der Waals surface area contributed by atoms with Gasteiger partial charge in [0.15, 0.2) is 0 Å². The van der Waals surface area contributed by atoms with Crippen LogP contribution in [0.1, 0.15) is 11.1 Å². The maximum absolute atomic E-state index is 6.05. The Labute approximate surface area is 117 Å². The molecule has 0 amide bonds. The number of hydrogen-bond donors (Lipinski definition) is 1. The molecule has 0 fully saturated rings. The van der Waals surface area contributed by atoms with Crippen molar-refractivity contribution in [1.29, 1.82) is 0 Å². The number of hydrogen-bond acceptors (Lipinski definition) is 3. The van der Waals surface area contributed by atoms with Gasteiger partial charge in [0.25, 0.3) is 0 Å². The topological polar surface area (TPSA) is 53.1 Å². The van der Waals surface area contributed by atoms with E-state index >= 15 is 0 Å². The molecule has 0 aliphatic heterocycles. The van der Waals surface area contributed by atoms with Crippen molar-refractivity contribution in [3.05, 3.63) is 53.6 Å². The minimum absolute atomic E-state index is 0.546. The Morgan fingerprint density at radius 3 is 2.60 bits per heavy atom. The molecule has 3 rings (SSSR count). The number of ether oxygens (including phenoxy) is 1. The van der Waals surface area contributed by atoms with Crippen LogP contribution in [0.5, 0.6) is 5.75 Å². The normalized spacial score (nSPS) is 10.9. The molecule has 0 aliphatic rings. The minimum Gasteiger partial charge on any atom is -0.497 e. The number of fused-ring (bicyclic) bond motifs is 1. The Hall–Kier alpha value is -2.49. The summed E-state index contributed by atoms with van der Waals surface area (Å²) in [6, 6.07) is 14.1. The van der Waals surface area contributed by atoms with E-state index in [4.69, 9.17) is 10.5 Å². The summed E-state index contributed by atoms with van der Waals surface area (Å²) in [6.45, 7) is 2.78. The van der Waals surface area contributed by atoms with E-state index in [1.165, 1.54) is 11.1 Å². The van der Waals surface area contributed by atoms with E-state index in [-0.39, 0.29) is 0 Å².